The molecule has 47 heavy (non-hydrogen) atoms. The number of amides is 3. The molecule has 3 aromatic carbocycles. The van der Waals surface area contributed by atoms with E-state index in [0.717, 1.165) is 28.4 Å². The molecule has 3 saturated heterocycles. The number of nitrogens with zero attached hydrogens (tertiary/aromatic N) is 3. The third-order valence-electron chi connectivity index (χ3n) is 10.5. The van der Waals surface area contributed by atoms with E-state index in [-0.39, 0.29) is 48.0 Å². The molecule has 3 fully saturated rings. The van der Waals surface area contributed by atoms with Gasteiger partial charge >= 0.3 is 0 Å². The van der Waals surface area contributed by atoms with Crippen molar-refractivity contribution in [3.05, 3.63) is 104 Å². The highest BCUT2D eigenvalue weighted by molar-refractivity contribution is 8.02. The number of rotatable bonds is 12. The van der Waals surface area contributed by atoms with E-state index in [1.807, 2.05) is 86.6 Å². The monoisotopic (exact) mass is 651 g/mol. The Kier molecular flexibility index (Phi) is 9.36. The van der Waals surface area contributed by atoms with Gasteiger partial charge in [-0.3, -0.25) is 14.4 Å². The van der Waals surface area contributed by atoms with Crippen LogP contribution in [-0.4, -0.2) is 74.4 Å². The molecule has 246 valence electrons. The summed E-state index contributed by atoms with van der Waals surface area (Å²) in [6.07, 6.45) is 4.17. The Labute approximate surface area is 282 Å². The fourth-order valence-corrected chi connectivity index (χ4v) is 10.7. The molecule has 3 heterocycles. The molecule has 3 amide bonds. The number of hydrogen-bond acceptors (Lipinski definition) is 5. The lowest BCUT2D eigenvalue weighted by atomic mass is 9.65. The summed E-state index contributed by atoms with van der Waals surface area (Å²) in [6.45, 7) is 14.7. The van der Waals surface area contributed by atoms with Gasteiger partial charge in [-0.2, -0.15) is 0 Å². The van der Waals surface area contributed by atoms with E-state index in [2.05, 4.69) is 20.1 Å². The predicted octanol–water partition coefficient (Wildman–Crippen LogP) is 5.93. The van der Waals surface area contributed by atoms with Crippen LogP contribution in [0.5, 0.6) is 0 Å². The van der Waals surface area contributed by atoms with Gasteiger partial charge in [-0.25, -0.2) is 0 Å². The first kappa shape index (κ1) is 33.0. The van der Waals surface area contributed by atoms with Gasteiger partial charge in [-0.05, 0) is 46.7 Å². The van der Waals surface area contributed by atoms with Crippen molar-refractivity contribution in [3.8, 4) is 0 Å². The topological polar surface area (TPSA) is 81.2 Å². The number of carbonyl (C=O) groups is 3. The van der Waals surface area contributed by atoms with E-state index < -0.39 is 28.7 Å². The molecule has 0 aromatic heterocycles. The maximum atomic E-state index is 15.2. The molecule has 2 bridgehead atoms. The van der Waals surface area contributed by atoms with E-state index in [0.29, 0.717) is 13.1 Å². The summed E-state index contributed by atoms with van der Waals surface area (Å²) in [7, 11) is 0. The minimum Gasteiger partial charge on any atom is -0.394 e. The second-order valence-corrected chi connectivity index (χ2v) is 15.1. The zero-order valence-electron chi connectivity index (χ0n) is 27.5. The number of fused-ring (bicyclic) bond motifs is 2. The Morgan fingerprint density at radius 2 is 1.68 bits per heavy atom. The quantitative estimate of drug-likeness (QED) is 0.246. The van der Waals surface area contributed by atoms with Crippen LogP contribution < -0.4 is 4.90 Å². The van der Waals surface area contributed by atoms with Crippen LogP contribution >= 0.6 is 11.8 Å². The lowest BCUT2D eigenvalue weighted by Gasteiger charge is -2.43. The average molecular weight is 652 g/mol. The second kappa shape index (κ2) is 13.3. The van der Waals surface area contributed by atoms with Gasteiger partial charge < -0.3 is 19.8 Å². The van der Waals surface area contributed by atoms with Gasteiger partial charge in [0.1, 0.15) is 6.04 Å². The Morgan fingerprint density at radius 3 is 2.34 bits per heavy atom. The molecule has 3 aliphatic heterocycles. The lowest BCUT2D eigenvalue weighted by molar-refractivity contribution is -0.146. The van der Waals surface area contributed by atoms with Crippen LogP contribution in [0.3, 0.4) is 0 Å². The first-order valence-electron chi connectivity index (χ1n) is 16.6. The Hall–Kier alpha value is -3.88. The highest BCUT2D eigenvalue weighted by Gasteiger charge is 2.77. The van der Waals surface area contributed by atoms with E-state index in [1.54, 1.807) is 38.6 Å². The minimum absolute atomic E-state index is 0.00474. The highest BCUT2D eigenvalue weighted by Crippen LogP contribution is 2.69. The minimum atomic E-state index is -0.851. The number of aliphatic hydroxyl groups is 1. The van der Waals surface area contributed by atoms with Crippen molar-refractivity contribution in [1.29, 1.82) is 0 Å². The molecule has 3 aromatic rings. The number of hydrogen-bond donors (Lipinski definition) is 1. The SMILES string of the molecule is C=CCN(Cc1ccccc1)C(=O)[C@@H]1[C@H]2C(=O)N([C@@H](CO)C(C)C)C(C(=O)N(CC=C)c3ccc4ccccc4c3)C23S[C@@H]1CC3C. The van der Waals surface area contributed by atoms with E-state index in [4.69, 9.17) is 0 Å². The molecule has 0 radical (unpaired) electrons. The van der Waals surface area contributed by atoms with Crippen molar-refractivity contribution < 1.29 is 19.5 Å². The van der Waals surface area contributed by atoms with Crippen LogP contribution in [0, 0.1) is 23.7 Å². The van der Waals surface area contributed by atoms with Crippen molar-refractivity contribution >= 4 is 45.9 Å². The average Bonchev–Trinajstić information content (AvgIpc) is 3.67. The molecular weight excluding hydrogens is 607 g/mol. The maximum absolute atomic E-state index is 15.2. The lowest BCUT2D eigenvalue weighted by Crippen LogP contribution is -2.60. The Balaban J connectivity index is 1.44. The van der Waals surface area contributed by atoms with E-state index >= 15 is 4.79 Å². The number of anilines is 1. The van der Waals surface area contributed by atoms with Crippen LogP contribution in [0.2, 0.25) is 0 Å². The standard InChI is InChI=1S/C39H45N3O4S/c1-6-19-40(23-27-13-9-8-10-14-27)36(44)33-32-21-26(5)39(47-32)34(33)37(45)42(31(24-43)25(3)4)35(39)38(46)41(20-7-2)30-18-17-28-15-11-12-16-29(28)22-30/h6-18,22,25-26,31-35,43H,1-2,19-21,23-24H2,3-5H3/t26?,31-,32+,33-,34-,35?,39?/m0/s1. The first-order chi connectivity index (χ1) is 22.7. The molecule has 8 heteroatoms. The van der Waals surface area contributed by atoms with Crippen LogP contribution in [0.15, 0.2) is 98.1 Å². The fraction of sp³-hybridized carbons (Fsp3) is 0.410. The third-order valence-corrected chi connectivity index (χ3v) is 12.6. The zero-order chi connectivity index (χ0) is 33.5. The fourth-order valence-electron chi connectivity index (χ4n) is 8.35. The molecular formula is C39H45N3O4S. The van der Waals surface area contributed by atoms with Crippen molar-refractivity contribution in [2.24, 2.45) is 23.7 Å². The van der Waals surface area contributed by atoms with Crippen molar-refractivity contribution in [2.75, 3.05) is 24.6 Å². The van der Waals surface area contributed by atoms with Gasteiger partial charge in [0.05, 0.1) is 29.2 Å². The molecule has 1 N–H and O–H groups in total. The summed E-state index contributed by atoms with van der Waals surface area (Å²) < 4.78 is -0.815. The van der Waals surface area contributed by atoms with E-state index in [1.165, 1.54) is 0 Å². The van der Waals surface area contributed by atoms with Crippen LogP contribution in [-0.2, 0) is 20.9 Å². The molecule has 0 aliphatic carbocycles. The van der Waals surface area contributed by atoms with Crippen LogP contribution in [0.1, 0.15) is 32.8 Å². The van der Waals surface area contributed by atoms with Crippen LogP contribution in [0.4, 0.5) is 5.69 Å². The molecule has 7 atom stereocenters. The van der Waals surface area contributed by atoms with Gasteiger partial charge in [-0.15, -0.1) is 24.9 Å². The second-order valence-electron chi connectivity index (χ2n) is 13.6. The van der Waals surface area contributed by atoms with Crippen molar-refractivity contribution in [1.82, 2.24) is 9.80 Å². The Bertz CT molecular complexity index is 1680. The number of thioether (sulfide) groups is 1. The number of aliphatic hydroxyl groups excluding tert-OH is 1. The van der Waals surface area contributed by atoms with Gasteiger partial charge in [-0.1, -0.05) is 93.6 Å². The van der Waals surface area contributed by atoms with Crippen molar-refractivity contribution in [3.63, 3.8) is 0 Å². The normalized spacial score (nSPS) is 26.8. The third kappa shape index (κ3) is 5.49. The molecule has 3 unspecified atom stereocenters. The first-order valence-corrected chi connectivity index (χ1v) is 17.5. The maximum Gasteiger partial charge on any atom is 0.251 e. The van der Waals surface area contributed by atoms with Gasteiger partial charge in [0, 0.05) is 30.6 Å². The summed E-state index contributed by atoms with van der Waals surface area (Å²) in [4.78, 5) is 49.9. The van der Waals surface area contributed by atoms with Gasteiger partial charge in [0.25, 0.3) is 5.91 Å². The molecule has 7 nitrogen and oxygen atoms in total. The van der Waals surface area contributed by atoms with E-state index in [9.17, 15) is 14.7 Å². The zero-order valence-corrected chi connectivity index (χ0v) is 28.3. The van der Waals surface area contributed by atoms with Crippen LogP contribution in [0.25, 0.3) is 10.8 Å². The molecule has 6 rings (SSSR count). The summed E-state index contributed by atoms with van der Waals surface area (Å²) in [5, 5.41) is 12.7. The number of benzene rings is 3. The largest absolute Gasteiger partial charge is 0.394 e. The summed E-state index contributed by atoms with van der Waals surface area (Å²) in [6, 6.07) is 22.4. The smallest absolute Gasteiger partial charge is 0.251 e. The summed E-state index contributed by atoms with van der Waals surface area (Å²) in [5.41, 5.74) is 1.73. The van der Waals surface area contributed by atoms with Gasteiger partial charge in [0.15, 0.2) is 0 Å². The summed E-state index contributed by atoms with van der Waals surface area (Å²) >= 11 is 1.66. The van der Waals surface area contributed by atoms with Gasteiger partial charge in [0.2, 0.25) is 11.8 Å². The predicted molar refractivity (Wildman–Crippen MR) is 190 cm³/mol. The number of carbonyl (C=O) groups excluding carboxylic acids is 3. The summed E-state index contributed by atoms with van der Waals surface area (Å²) in [5.74, 6) is -1.83. The highest BCUT2D eigenvalue weighted by atomic mass is 32.2. The molecule has 0 saturated carbocycles. The Morgan fingerprint density at radius 1 is 1.00 bits per heavy atom. The number of likely N-dealkylation sites (tertiary alicyclic amines) is 1. The molecule has 1 spiro atoms. The van der Waals surface area contributed by atoms with Crippen molar-refractivity contribution in [2.45, 2.75) is 55.8 Å². The molecule has 3 aliphatic rings.